The molecule has 0 unspecified atom stereocenters. The number of ether oxygens (including phenoxy) is 1. The van der Waals surface area contributed by atoms with Crippen LogP contribution in [0.4, 0.5) is 4.79 Å². The Hall–Kier alpha value is -2.27. The molecule has 1 aromatic heterocycles. The molecule has 0 atom stereocenters. The predicted octanol–water partition coefficient (Wildman–Crippen LogP) is 0.436. The number of rotatable bonds is 5. The van der Waals surface area contributed by atoms with Gasteiger partial charge in [0.2, 0.25) is 5.91 Å². The van der Waals surface area contributed by atoms with Gasteiger partial charge in [0, 0.05) is 19.1 Å². The van der Waals surface area contributed by atoms with Gasteiger partial charge in [-0.1, -0.05) is 4.49 Å². The summed E-state index contributed by atoms with van der Waals surface area (Å²) in [6.45, 7) is 6.23. The molecule has 2 fully saturated rings. The van der Waals surface area contributed by atoms with Crippen molar-refractivity contribution in [2.45, 2.75) is 51.1 Å². The van der Waals surface area contributed by atoms with E-state index in [4.69, 9.17) is 4.74 Å². The normalized spacial score (nSPS) is 19.4. The van der Waals surface area contributed by atoms with E-state index >= 15 is 0 Å². The molecular weight excluding hydrogens is 396 g/mol. The smallest absolute Gasteiger partial charge is 0.409 e. The Morgan fingerprint density at radius 2 is 1.97 bits per heavy atom. The molecule has 0 aliphatic carbocycles. The average Bonchev–Trinajstić information content (AvgIpc) is 3.15. The largest absolute Gasteiger partial charge is 0.450 e. The van der Waals surface area contributed by atoms with Crippen LogP contribution < -0.4 is 16.0 Å². The molecule has 2 aliphatic heterocycles. The van der Waals surface area contributed by atoms with Gasteiger partial charge in [-0.3, -0.25) is 9.59 Å². The molecule has 160 valence electrons. The molecule has 29 heavy (non-hydrogen) atoms. The second-order valence-corrected chi connectivity index (χ2v) is 8.16. The molecule has 2 aliphatic rings. The fraction of sp³-hybridized carbons (Fsp3) is 0.722. The van der Waals surface area contributed by atoms with Crippen LogP contribution in [0.2, 0.25) is 0 Å². The average molecular weight is 425 g/mol. The third-order valence-electron chi connectivity index (χ3n) is 5.46. The van der Waals surface area contributed by atoms with Gasteiger partial charge in [-0.15, -0.1) is 5.10 Å². The van der Waals surface area contributed by atoms with Gasteiger partial charge in [-0.2, -0.15) is 0 Å². The van der Waals surface area contributed by atoms with Gasteiger partial charge in [0.1, 0.15) is 10.4 Å². The van der Waals surface area contributed by atoms with Crippen molar-refractivity contribution in [1.82, 2.24) is 30.4 Å². The summed E-state index contributed by atoms with van der Waals surface area (Å²) < 4.78 is 8.84. The number of nitrogens with one attached hydrogen (secondary N) is 3. The Bertz CT molecular complexity index is 740. The monoisotopic (exact) mass is 424 g/mol. The zero-order chi connectivity index (χ0) is 20.9. The lowest BCUT2D eigenvalue weighted by molar-refractivity contribution is -0.129. The number of likely N-dealkylation sites (tertiary alicyclic amines) is 1. The van der Waals surface area contributed by atoms with Gasteiger partial charge in [-0.05, 0) is 64.2 Å². The van der Waals surface area contributed by atoms with Crippen molar-refractivity contribution in [3.8, 4) is 0 Å². The molecule has 3 N–H and O–H groups in total. The Kier molecular flexibility index (Phi) is 7.01. The maximum Gasteiger partial charge on any atom is 0.409 e. The van der Waals surface area contributed by atoms with Gasteiger partial charge in [-0.25, -0.2) is 4.79 Å². The Labute approximate surface area is 173 Å². The molecule has 0 radical (unpaired) electrons. The van der Waals surface area contributed by atoms with E-state index in [-0.39, 0.29) is 23.9 Å². The van der Waals surface area contributed by atoms with Crippen molar-refractivity contribution in [3.05, 3.63) is 10.6 Å². The van der Waals surface area contributed by atoms with Crippen molar-refractivity contribution in [2.24, 2.45) is 0 Å². The highest BCUT2D eigenvalue weighted by molar-refractivity contribution is 7.08. The summed E-state index contributed by atoms with van der Waals surface area (Å²) in [4.78, 5) is 39.9. The number of hydrogen-bond donors (Lipinski definition) is 3. The van der Waals surface area contributed by atoms with Crippen LogP contribution in [0.3, 0.4) is 0 Å². The van der Waals surface area contributed by atoms with Crippen molar-refractivity contribution in [3.63, 3.8) is 0 Å². The molecule has 3 amide bonds. The highest BCUT2D eigenvalue weighted by atomic mass is 32.1. The lowest BCUT2D eigenvalue weighted by Crippen LogP contribution is -2.64. The number of aryl methyl sites for hydroxylation is 1. The van der Waals surface area contributed by atoms with Crippen LogP contribution in [0, 0.1) is 6.92 Å². The lowest BCUT2D eigenvalue weighted by Gasteiger charge is -2.39. The van der Waals surface area contributed by atoms with E-state index in [9.17, 15) is 14.4 Å². The van der Waals surface area contributed by atoms with Crippen LogP contribution in [0.1, 0.15) is 48.0 Å². The zero-order valence-electron chi connectivity index (χ0n) is 16.8. The van der Waals surface area contributed by atoms with Crippen LogP contribution in [0.5, 0.6) is 0 Å². The molecule has 10 nitrogen and oxygen atoms in total. The van der Waals surface area contributed by atoms with E-state index in [1.807, 2.05) is 0 Å². The molecule has 0 saturated carbocycles. The summed E-state index contributed by atoms with van der Waals surface area (Å²) in [6, 6.07) is -0.0383. The third-order valence-corrected chi connectivity index (χ3v) is 6.29. The van der Waals surface area contributed by atoms with Gasteiger partial charge >= 0.3 is 6.09 Å². The first-order valence-corrected chi connectivity index (χ1v) is 10.8. The summed E-state index contributed by atoms with van der Waals surface area (Å²) >= 11 is 1.03. The van der Waals surface area contributed by atoms with Crippen LogP contribution in [-0.4, -0.2) is 76.8 Å². The minimum Gasteiger partial charge on any atom is -0.450 e. The summed E-state index contributed by atoms with van der Waals surface area (Å²) in [5.74, 6) is -0.483. The molecular formula is C18H28N6O4S. The predicted molar refractivity (Wildman–Crippen MR) is 107 cm³/mol. The van der Waals surface area contributed by atoms with Gasteiger partial charge in [0.25, 0.3) is 5.91 Å². The van der Waals surface area contributed by atoms with Crippen molar-refractivity contribution in [2.75, 3.05) is 32.8 Å². The molecule has 0 bridgehead atoms. The minimum absolute atomic E-state index is 0.0383. The van der Waals surface area contributed by atoms with Gasteiger partial charge < -0.3 is 25.6 Å². The molecule has 3 rings (SSSR count). The Morgan fingerprint density at radius 3 is 2.55 bits per heavy atom. The second-order valence-electron chi connectivity index (χ2n) is 7.41. The molecule has 0 spiro atoms. The maximum atomic E-state index is 13.2. The van der Waals surface area contributed by atoms with Crippen molar-refractivity contribution < 1.29 is 19.1 Å². The number of piperidine rings is 2. The van der Waals surface area contributed by atoms with Gasteiger partial charge in [0.15, 0.2) is 0 Å². The van der Waals surface area contributed by atoms with E-state index in [2.05, 4.69) is 25.5 Å². The van der Waals surface area contributed by atoms with Gasteiger partial charge in [0.05, 0.1) is 12.3 Å². The van der Waals surface area contributed by atoms with Crippen LogP contribution in [0.25, 0.3) is 0 Å². The first-order chi connectivity index (χ1) is 13.9. The van der Waals surface area contributed by atoms with Crippen LogP contribution in [0.15, 0.2) is 0 Å². The number of carbonyl (C=O) groups is 3. The van der Waals surface area contributed by atoms with E-state index in [1.54, 1.807) is 18.7 Å². The summed E-state index contributed by atoms with van der Waals surface area (Å²) in [5.41, 5.74) is -0.403. The standard InChI is InChI=1S/C18H28N6O4S/c1-3-28-17(27)24-10-4-13(5-11-24)20-16(26)18(6-8-19-9-7-18)21-15(25)14-12(2)22-23-29-14/h13,19H,3-11H2,1-2H3,(H,20,26)(H,21,25). The number of carbonyl (C=O) groups excluding carboxylic acids is 3. The SMILES string of the molecule is CCOC(=O)N1CCC(NC(=O)C2(NC(=O)c3snnc3C)CCNCC2)CC1. The third kappa shape index (κ3) is 5.02. The summed E-state index contributed by atoms with van der Waals surface area (Å²) in [5, 5.41) is 13.2. The zero-order valence-corrected chi connectivity index (χ0v) is 17.6. The van der Waals surface area contributed by atoms with E-state index < -0.39 is 5.54 Å². The number of nitrogens with zero attached hydrogens (tertiary/aromatic N) is 3. The molecule has 0 aromatic carbocycles. The molecule has 3 heterocycles. The second kappa shape index (κ2) is 9.49. The minimum atomic E-state index is -0.961. The van der Waals surface area contributed by atoms with E-state index in [1.165, 1.54) is 0 Å². The topological polar surface area (TPSA) is 126 Å². The van der Waals surface area contributed by atoms with Crippen LogP contribution >= 0.6 is 11.5 Å². The fourth-order valence-corrected chi connectivity index (χ4v) is 4.27. The fourth-order valence-electron chi connectivity index (χ4n) is 3.72. The Morgan fingerprint density at radius 1 is 1.28 bits per heavy atom. The maximum absolute atomic E-state index is 13.2. The Balaban J connectivity index is 1.62. The number of aromatic nitrogens is 2. The molecule has 11 heteroatoms. The first kappa shape index (κ1) is 21.4. The lowest BCUT2D eigenvalue weighted by atomic mass is 9.86. The number of amides is 3. The summed E-state index contributed by atoms with van der Waals surface area (Å²) in [6.07, 6.45) is 2.03. The highest BCUT2D eigenvalue weighted by Gasteiger charge is 2.42. The van der Waals surface area contributed by atoms with Crippen molar-refractivity contribution in [1.29, 1.82) is 0 Å². The number of hydrogen-bond acceptors (Lipinski definition) is 8. The summed E-state index contributed by atoms with van der Waals surface area (Å²) in [7, 11) is 0. The van der Waals surface area contributed by atoms with E-state index in [0.29, 0.717) is 69.0 Å². The molecule has 2 saturated heterocycles. The van der Waals surface area contributed by atoms with Crippen molar-refractivity contribution >= 4 is 29.4 Å². The first-order valence-electron chi connectivity index (χ1n) is 10.00. The quantitative estimate of drug-likeness (QED) is 0.626. The van der Waals surface area contributed by atoms with Crippen LogP contribution in [-0.2, 0) is 9.53 Å². The molecule has 1 aromatic rings. The highest BCUT2D eigenvalue weighted by Crippen LogP contribution is 2.22. The van der Waals surface area contributed by atoms with E-state index in [0.717, 1.165) is 11.5 Å².